The molecule has 1 amide bonds. The number of amides is 1. The molecule has 0 unspecified atom stereocenters. The first-order valence-electron chi connectivity index (χ1n) is 9.71. The highest BCUT2D eigenvalue weighted by Crippen LogP contribution is 2.25. The third-order valence-corrected chi connectivity index (χ3v) is 6.61. The molecule has 0 saturated heterocycles. The van der Waals surface area contributed by atoms with Crippen molar-refractivity contribution in [3.63, 3.8) is 0 Å². The molecule has 2 aromatic rings. The van der Waals surface area contributed by atoms with Crippen molar-refractivity contribution in [1.82, 2.24) is 4.31 Å². The Bertz CT molecular complexity index is 977. The number of anilines is 1. The SMILES string of the molecule is CCOc1ccc(S(=O)(=O)N(CC)CC(=O)Nc2c(C)cc(C)cc2C)cc1C. The maximum Gasteiger partial charge on any atom is 0.243 e. The van der Waals surface area contributed by atoms with Crippen LogP contribution in [-0.4, -0.2) is 38.3 Å². The molecule has 0 fully saturated rings. The standard InChI is InChI=1S/C22H30N2O4S/c1-7-24(14-21(25)23-22-17(5)11-15(3)12-18(22)6)29(26,27)19-9-10-20(28-8-2)16(4)13-19/h9-13H,7-8,14H2,1-6H3,(H,23,25). The number of nitrogens with one attached hydrogen (secondary N) is 1. The van der Waals surface area contributed by atoms with E-state index < -0.39 is 10.0 Å². The summed E-state index contributed by atoms with van der Waals surface area (Å²) >= 11 is 0. The zero-order valence-electron chi connectivity index (χ0n) is 18.0. The zero-order chi connectivity index (χ0) is 21.8. The predicted molar refractivity (Wildman–Crippen MR) is 116 cm³/mol. The van der Waals surface area contributed by atoms with Crippen molar-refractivity contribution in [2.45, 2.75) is 46.4 Å². The van der Waals surface area contributed by atoms with Crippen LogP contribution in [0.25, 0.3) is 0 Å². The highest BCUT2D eigenvalue weighted by Gasteiger charge is 2.26. The molecule has 0 atom stereocenters. The van der Waals surface area contributed by atoms with Gasteiger partial charge >= 0.3 is 0 Å². The second-order valence-electron chi connectivity index (χ2n) is 7.11. The summed E-state index contributed by atoms with van der Waals surface area (Å²) in [5.41, 5.74) is 4.47. The molecule has 7 heteroatoms. The molecule has 2 rings (SSSR count). The molecule has 1 N–H and O–H groups in total. The number of sulfonamides is 1. The molecule has 0 aliphatic rings. The van der Waals surface area contributed by atoms with Gasteiger partial charge in [0.15, 0.2) is 0 Å². The summed E-state index contributed by atoms with van der Waals surface area (Å²) in [7, 11) is -3.80. The number of benzene rings is 2. The molecule has 2 aromatic carbocycles. The molecule has 0 bridgehead atoms. The number of likely N-dealkylation sites (N-methyl/N-ethyl adjacent to an activating group) is 1. The predicted octanol–water partition coefficient (Wildman–Crippen LogP) is 3.97. The van der Waals surface area contributed by atoms with Crippen LogP contribution in [0, 0.1) is 27.7 Å². The molecule has 6 nitrogen and oxygen atoms in total. The Morgan fingerprint density at radius 1 is 1.00 bits per heavy atom. The lowest BCUT2D eigenvalue weighted by Crippen LogP contribution is -2.38. The van der Waals surface area contributed by atoms with Crippen LogP contribution in [0.5, 0.6) is 5.75 Å². The van der Waals surface area contributed by atoms with Gasteiger partial charge in [0.25, 0.3) is 0 Å². The highest BCUT2D eigenvalue weighted by atomic mass is 32.2. The molecular formula is C22H30N2O4S. The Kier molecular flexibility index (Phi) is 7.43. The number of carbonyl (C=O) groups is 1. The van der Waals surface area contributed by atoms with Gasteiger partial charge in [0.1, 0.15) is 5.75 Å². The summed E-state index contributed by atoms with van der Waals surface area (Å²) in [6.45, 7) is 11.7. The van der Waals surface area contributed by atoms with Crippen LogP contribution in [0.2, 0.25) is 0 Å². The molecule has 29 heavy (non-hydrogen) atoms. The molecular weight excluding hydrogens is 388 g/mol. The fourth-order valence-electron chi connectivity index (χ4n) is 3.33. The number of carbonyl (C=O) groups excluding carboxylic acids is 1. The van der Waals surface area contributed by atoms with E-state index in [9.17, 15) is 13.2 Å². The van der Waals surface area contributed by atoms with Crippen molar-refractivity contribution >= 4 is 21.6 Å². The van der Waals surface area contributed by atoms with Crippen molar-refractivity contribution in [2.75, 3.05) is 25.0 Å². The summed E-state index contributed by atoms with van der Waals surface area (Å²) in [5, 5.41) is 2.87. The van der Waals surface area contributed by atoms with E-state index in [0.29, 0.717) is 12.4 Å². The van der Waals surface area contributed by atoms with Gasteiger partial charge in [-0.1, -0.05) is 24.6 Å². The lowest BCUT2D eigenvalue weighted by Gasteiger charge is -2.21. The monoisotopic (exact) mass is 418 g/mol. The van der Waals surface area contributed by atoms with Crippen molar-refractivity contribution < 1.29 is 17.9 Å². The van der Waals surface area contributed by atoms with Crippen LogP contribution in [0.4, 0.5) is 5.69 Å². The Balaban J connectivity index is 2.22. The largest absolute Gasteiger partial charge is 0.494 e. The van der Waals surface area contributed by atoms with Crippen LogP contribution in [-0.2, 0) is 14.8 Å². The van der Waals surface area contributed by atoms with Gasteiger partial charge in [-0.05, 0) is 69.5 Å². The minimum absolute atomic E-state index is 0.149. The van der Waals surface area contributed by atoms with Crippen LogP contribution in [0.1, 0.15) is 36.1 Å². The average molecular weight is 419 g/mol. The van der Waals surface area contributed by atoms with E-state index in [1.165, 1.54) is 10.4 Å². The van der Waals surface area contributed by atoms with Gasteiger partial charge in [0.05, 0.1) is 18.0 Å². The van der Waals surface area contributed by atoms with Gasteiger partial charge < -0.3 is 10.1 Å². The van der Waals surface area contributed by atoms with Gasteiger partial charge in [-0.2, -0.15) is 4.31 Å². The van der Waals surface area contributed by atoms with Gasteiger partial charge in [-0.15, -0.1) is 0 Å². The first-order chi connectivity index (χ1) is 13.6. The molecule has 0 saturated carbocycles. The summed E-state index contributed by atoms with van der Waals surface area (Å²) in [5.74, 6) is 0.283. The quantitative estimate of drug-likeness (QED) is 0.704. The molecule has 0 aliphatic heterocycles. The fourth-order valence-corrected chi connectivity index (χ4v) is 4.82. The van der Waals surface area contributed by atoms with E-state index in [1.54, 1.807) is 26.0 Å². The summed E-state index contributed by atoms with van der Waals surface area (Å²) in [6.07, 6.45) is 0. The average Bonchev–Trinajstić information content (AvgIpc) is 2.64. The molecule has 158 valence electrons. The number of nitrogens with zero attached hydrogens (tertiary/aromatic N) is 1. The summed E-state index contributed by atoms with van der Waals surface area (Å²) in [6, 6.07) is 8.72. The Morgan fingerprint density at radius 3 is 2.14 bits per heavy atom. The molecule has 0 aliphatic carbocycles. The van der Waals surface area contributed by atoms with Crippen LogP contribution < -0.4 is 10.1 Å². The van der Waals surface area contributed by atoms with E-state index in [2.05, 4.69) is 5.32 Å². The first kappa shape index (κ1) is 22.9. The Morgan fingerprint density at radius 2 is 1.62 bits per heavy atom. The number of ether oxygens (including phenoxy) is 1. The van der Waals surface area contributed by atoms with Gasteiger partial charge in [0.2, 0.25) is 15.9 Å². The molecule has 0 spiro atoms. The van der Waals surface area contributed by atoms with Gasteiger partial charge in [-0.25, -0.2) is 8.42 Å². The number of hydrogen-bond acceptors (Lipinski definition) is 4. The van der Waals surface area contributed by atoms with Crippen LogP contribution in [0.15, 0.2) is 35.2 Å². The van der Waals surface area contributed by atoms with E-state index in [1.807, 2.05) is 39.8 Å². The second kappa shape index (κ2) is 9.41. The van der Waals surface area contributed by atoms with Crippen LogP contribution >= 0.6 is 0 Å². The maximum absolute atomic E-state index is 13.1. The highest BCUT2D eigenvalue weighted by molar-refractivity contribution is 7.89. The molecule has 0 radical (unpaired) electrons. The Hall–Kier alpha value is -2.38. The topological polar surface area (TPSA) is 75.7 Å². The molecule has 0 aromatic heterocycles. The van der Waals surface area contributed by atoms with Gasteiger partial charge in [-0.3, -0.25) is 4.79 Å². The number of hydrogen-bond donors (Lipinski definition) is 1. The normalized spacial score (nSPS) is 11.6. The van der Waals surface area contributed by atoms with Crippen LogP contribution in [0.3, 0.4) is 0 Å². The summed E-state index contributed by atoms with van der Waals surface area (Å²) in [4.78, 5) is 12.8. The van der Waals surface area contributed by atoms with E-state index >= 15 is 0 Å². The van der Waals surface area contributed by atoms with Crippen molar-refractivity contribution in [1.29, 1.82) is 0 Å². The van der Waals surface area contributed by atoms with E-state index in [4.69, 9.17) is 4.74 Å². The fraction of sp³-hybridized carbons (Fsp3) is 0.409. The zero-order valence-corrected chi connectivity index (χ0v) is 18.8. The number of rotatable bonds is 8. The van der Waals surface area contributed by atoms with E-state index in [-0.39, 0.29) is 23.9 Å². The second-order valence-corrected chi connectivity index (χ2v) is 9.05. The third kappa shape index (κ3) is 5.36. The van der Waals surface area contributed by atoms with Crippen molar-refractivity contribution in [2.24, 2.45) is 0 Å². The summed E-state index contributed by atoms with van der Waals surface area (Å²) < 4.78 is 32.8. The van der Waals surface area contributed by atoms with Crippen molar-refractivity contribution in [3.05, 3.63) is 52.6 Å². The first-order valence-corrected chi connectivity index (χ1v) is 11.1. The minimum Gasteiger partial charge on any atom is -0.494 e. The third-order valence-electron chi connectivity index (χ3n) is 4.70. The Labute approximate surface area is 173 Å². The lowest BCUT2D eigenvalue weighted by molar-refractivity contribution is -0.116. The minimum atomic E-state index is -3.80. The van der Waals surface area contributed by atoms with E-state index in [0.717, 1.165) is 27.9 Å². The molecule has 0 heterocycles. The van der Waals surface area contributed by atoms with Gasteiger partial charge in [0, 0.05) is 12.2 Å². The van der Waals surface area contributed by atoms with Crippen molar-refractivity contribution in [3.8, 4) is 5.75 Å². The lowest BCUT2D eigenvalue weighted by atomic mass is 10.1. The number of aryl methyl sites for hydroxylation is 4. The maximum atomic E-state index is 13.1. The smallest absolute Gasteiger partial charge is 0.243 e.